The van der Waals surface area contributed by atoms with Crippen LogP contribution in [-0.2, 0) is 11.2 Å². The Morgan fingerprint density at radius 1 is 1.11 bits per heavy atom. The summed E-state index contributed by atoms with van der Waals surface area (Å²) >= 11 is 12.0. The predicted molar refractivity (Wildman–Crippen MR) is 143 cm³/mol. The van der Waals surface area contributed by atoms with Gasteiger partial charge in [-0.15, -0.1) is 0 Å². The van der Waals surface area contributed by atoms with Crippen LogP contribution in [0.3, 0.4) is 0 Å². The maximum atomic E-state index is 11.3. The van der Waals surface area contributed by atoms with E-state index in [4.69, 9.17) is 38.6 Å². The Labute approximate surface area is 226 Å². The Morgan fingerprint density at radius 2 is 1.70 bits per heavy atom. The van der Waals surface area contributed by atoms with E-state index < -0.39 is 6.16 Å². The van der Waals surface area contributed by atoms with Gasteiger partial charge >= 0.3 is 6.16 Å². The lowest BCUT2D eigenvalue weighted by molar-refractivity contribution is -0.123. The molecule has 3 aromatic rings. The summed E-state index contributed by atoms with van der Waals surface area (Å²) < 4.78 is 9.53. The summed E-state index contributed by atoms with van der Waals surface area (Å²) in [6.07, 6.45) is 3.50. The van der Waals surface area contributed by atoms with Gasteiger partial charge in [-0.05, 0) is 63.9 Å². The molecule has 1 aliphatic rings. The Bertz CT molecular complexity index is 1200. The zero-order chi connectivity index (χ0) is 27.2. The summed E-state index contributed by atoms with van der Waals surface area (Å²) in [5, 5.41) is 13.0. The number of hydrogen-bond donors (Lipinski definition) is 2. The summed E-state index contributed by atoms with van der Waals surface area (Å²) in [5.74, 6) is 0.150. The van der Waals surface area contributed by atoms with E-state index in [2.05, 4.69) is 59.2 Å². The van der Waals surface area contributed by atoms with Crippen molar-refractivity contribution in [3.05, 3.63) is 69.9 Å². The molecule has 0 unspecified atom stereocenters. The predicted octanol–water partition coefficient (Wildman–Crippen LogP) is 6.22. The molecule has 4 rings (SSSR count). The van der Waals surface area contributed by atoms with E-state index in [9.17, 15) is 9.59 Å². The van der Waals surface area contributed by atoms with Crippen LogP contribution in [-0.4, -0.2) is 46.9 Å². The van der Waals surface area contributed by atoms with E-state index in [0.717, 1.165) is 32.1 Å². The number of nitrogens with zero attached hydrogens (tertiary/aromatic N) is 2. The first-order chi connectivity index (χ1) is 17.5. The number of benzene rings is 2. The lowest BCUT2D eigenvalue weighted by Crippen LogP contribution is -2.49. The number of primary amides is 1. The summed E-state index contributed by atoms with van der Waals surface area (Å²) in [6, 6.07) is 15.5. The molecule has 1 aromatic heterocycles. The Kier molecular flexibility index (Phi) is 9.59. The van der Waals surface area contributed by atoms with Gasteiger partial charge in [-0.25, -0.2) is 4.79 Å². The molecule has 0 bridgehead atoms. The van der Waals surface area contributed by atoms with Gasteiger partial charge in [0.15, 0.2) is 11.5 Å². The number of amides is 1. The number of carbonyl (C=O) groups excluding carboxylic acids is 1. The number of ether oxygens (including phenoxy) is 1. The summed E-state index contributed by atoms with van der Waals surface area (Å²) in [5.41, 5.74) is 7.50. The topological polar surface area (TPSA) is 119 Å². The average molecular weight is 548 g/mol. The van der Waals surface area contributed by atoms with Crippen molar-refractivity contribution in [2.75, 3.05) is 14.1 Å². The maximum Gasteiger partial charge on any atom is 0.511 e. The molecule has 0 atom stereocenters. The molecule has 8 nitrogen and oxygen atoms in total. The van der Waals surface area contributed by atoms with Crippen molar-refractivity contribution in [1.82, 2.24) is 10.1 Å². The van der Waals surface area contributed by atoms with Gasteiger partial charge in [0.1, 0.15) is 0 Å². The molecule has 0 aliphatic heterocycles. The quantitative estimate of drug-likeness (QED) is 0.351. The third kappa shape index (κ3) is 7.03. The zero-order valence-corrected chi connectivity index (χ0v) is 22.6. The second-order valence-electron chi connectivity index (χ2n) is 9.34. The largest absolute Gasteiger partial charge is 0.511 e. The molecule has 2 aromatic carbocycles. The van der Waals surface area contributed by atoms with Gasteiger partial charge in [0.25, 0.3) is 0 Å². The fourth-order valence-electron chi connectivity index (χ4n) is 4.65. The molecule has 1 fully saturated rings. The lowest BCUT2D eigenvalue weighted by atomic mass is 9.72. The van der Waals surface area contributed by atoms with Crippen molar-refractivity contribution in [3.63, 3.8) is 0 Å². The molecule has 0 radical (unpaired) electrons. The fourth-order valence-corrected chi connectivity index (χ4v) is 5.23. The number of aromatic nitrogens is 1. The number of carbonyl (C=O) groups is 2. The van der Waals surface area contributed by atoms with Gasteiger partial charge in [-0.2, -0.15) is 0 Å². The first kappa shape index (κ1) is 28.5. The van der Waals surface area contributed by atoms with Crippen molar-refractivity contribution >= 4 is 35.3 Å². The van der Waals surface area contributed by atoms with Crippen LogP contribution in [0.4, 0.5) is 4.79 Å². The first-order valence-corrected chi connectivity index (χ1v) is 12.6. The zero-order valence-electron chi connectivity index (χ0n) is 21.0. The van der Waals surface area contributed by atoms with E-state index in [0.29, 0.717) is 15.6 Å². The minimum absolute atomic E-state index is 0.0162. The van der Waals surface area contributed by atoms with Crippen LogP contribution >= 0.6 is 23.2 Å². The van der Waals surface area contributed by atoms with Crippen LogP contribution in [0.1, 0.15) is 37.0 Å². The molecule has 1 amide bonds. The highest BCUT2D eigenvalue weighted by molar-refractivity contribution is 6.39. The number of hydrogen-bond acceptors (Lipinski definition) is 6. The van der Waals surface area contributed by atoms with Crippen molar-refractivity contribution in [2.45, 2.75) is 44.6 Å². The molecule has 0 spiro atoms. The number of nitrogens with two attached hydrogens (primary N) is 1. The minimum Gasteiger partial charge on any atom is -0.449 e. The highest BCUT2D eigenvalue weighted by atomic mass is 35.5. The smallest absolute Gasteiger partial charge is 0.449 e. The Morgan fingerprint density at radius 3 is 2.22 bits per heavy atom. The second-order valence-corrected chi connectivity index (χ2v) is 10.2. The number of rotatable bonds is 6. The van der Waals surface area contributed by atoms with Gasteiger partial charge in [-0.1, -0.05) is 64.8 Å². The van der Waals surface area contributed by atoms with Crippen molar-refractivity contribution < 1.29 is 24.0 Å². The van der Waals surface area contributed by atoms with Crippen LogP contribution < -0.4 is 10.5 Å². The standard InChI is InChI=1S/C16H24N2O.C11H7Cl2NO4/c1-18(2)16(12-13-6-4-3-5-7-13)10-8-14(9-11-16)15(17)19;1-5-10(17-11(15)16)9(14-18-5)8-6(12)3-2-4-7(8)13/h3-7,14H,8-12H2,1-2H3,(H2,17,19);2-4H,1H3,(H,15,16). The monoisotopic (exact) mass is 547 g/mol. The lowest BCUT2D eigenvalue weighted by Gasteiger charge is -2.45. The van der Waals surface area contributed by atoms with E-state index in [1.54, 1.807) is 18.2 Å². The molecule has 0 saturated heterocycles. The van der Waals surface area contributed by atoms with E-state index in [1.807, 2.05) is 0 Å². The third-order valence-corrected chi connectivity index (χ3v) is 7.47. The van der Waals surface area contributed by atoms with E-state index >= 15 is 0 Å². The molecule has 1 aliphatic carbocycles. The van der Waals surface area contributed by atoms with Crippen molar-refractivity contribution in [2.24, 2.45) is 11.7 Å². The number of likely N-dealkylation sites (N-methyl/N-ethyl adjacent to an activating group) is 1. The normalized spacial score (nSPS) is 19.1. The van der Waals surface area contributed by atoms with Crippen LogP contribution in [0.15, 0.2) is 53.1 Å². The minimum atomic E-state index is -1.47. The van der Waals surface area contributed by atoms with Crippen LogP contribution in [0.2, 0.25) is 10.0 Å². The average Bonchev–Trinajstić information content (AvgIpc) is 3.19. The molecule has 3 N–H and O–H groups in total. The second kappa shape index (κ2) is 12.4. The summed E-state index contributed by atoms with van der Waals surface area (Å²) in [7, 11) is 4.29. The number of aryl methyl sites for hydroxylation is 1. The van der Waals surface area contributed by atoms with Gasteiger partial charge in [0.05, 0.1) is 10.0 Å². The van der Waals surface area contributed by atoms with Crippen molar-refractivity contribution in [1.29, 1.82) is 0 Å². The van der Waals surface area contributed by atoms with Crippen LogP contribution in [0.25, 0.3) is 11.3 Å². The summed E-state index contributed by atoms with van der Waals surface area (Å²) in [6.45, 7) is 1.53. The van der Waals surface area contributed by atoms with Gasteiger partial charge in [0.2, 0.25) is 11.7 Å². The SMILES string of the molecule is CN(C)C1(Cc2ccccc2)CCC(C(N)=O)CC1.Cc1onc(-c2c(Cl)cccc2Cl)c1OC(=O)O. The van der Waals surface area contributed by atoms with Crippen LogP contribution in [0.5, 0.6) is 5.75 Å². The van der Waals surface area contributed by atoms with Gasteiger partial charge < -0.3 is 25.0 Å². The van der Waals surface area contributed by atoms with Gasteiger partial charge in [0, 0.05) is 23.9 Å². The molecule has 198 valence electrons. The molecular formula is C27H31Cl2N3O5. The molecule has 10 heteroatoms. The van der Waals surface area contributed by atoms with Crippen LogP contribution in [0, 0.1) is 12.8 Å². The maximum absolute atomic E-state index is 11.3. The first-order valence-electron chi connectivity index (χ1n) is 11.9. The highest BCUT2D eigenvalue weighted by Crippen LogP contribution is 2.40. The molecular weight excluding hydrogens is 517 g/mol. The summed E-state index contributed by atoms with van der Waals surface area (Å²) in [4.78, 5) is 24.2. The molecule has 1 heterocycles. The van der Waals surface area contributed by atoms with E-state index in [1.165, 1.54) is 12.5 Å². The fraction of sp³-hybridized carbons (Fsp3) is 0.370. The third-order valence-electron chi connectivity index (χ3n) is 6.84. The Hall–Kier alpha value is -3.07. The van der Waals surface area contributed by atoms with Gasteiger partial charge in [-0.3, -0.25) is 4.79 Å². The Balaban J connectivity index is 0.000000206. The number of carboxylic acid groups (broad SMARTS) is 1. The molecule has 1 saturated carbocycles. The van der Waals surface area contributed by atoms with Crippen molar-refractivity contribution in [3.8, 4) is 17.0 Å². The molecule has 37 heavy (non-hydrogen) atoms. The van der Waals surface area contributed by atoms with E-state index in [-0.39, 0.29) is 34.6 Å². The highest BCUT2D eigenvalue weighted by Gasteiger charge is 2.38. The number of halogens is 2.